The van der Waals surface area contributed by atoms with Gasteiger partial charge in [-0.2, -0.15) is 5.10 Å². The van der Waals surface area contributed by atoms with Crippen LogP contribution in [0.4, 0.5) is 0 Å². The molecule has 1 aliphatic heterocycles. The lowest BCUT2D eigenvalue weighted by Gasteiger charge is -2.17. The average Bonchev–Trinajstić information content (AvgIpc) is 3.51. The summed E-state index contributed by atoms with van der Waals surface area (Å²) in [5, 5.41) is 7.18. The van der Waals surface area contributed by atoms with Crippen LogP contribution in [0, 0.1) is 5.41 Å². The molecule has 1 N–H and O–H groups in total. The van der Waals surface area contributed by atoms with Gasteiger partial charge >= 0.3 is 0 Å². The first kappa shape index (κ1) is 21.9. The van der Waals surface area contributed by atoms with Gasteiger partial charge in [-0.3, -0.25) is 9.48 Å². The molecule has 1 aliphatic rings. The van der Waals surface area contributed by atoms with Gasteiger partial charge in [0.15, 0.2) is 5.82 Å². The summed E-state index contributed by atoms with van der Waals surface area (Å²) in [6.07, 6.45) is 9.43. The summed E-state index contributed by atoms with van der Waals surface area (Å²) >= 11 is 0. The van der Waals surface area contributed by atoms with Gasteiger partial charge in [0.1, 0.15) is 30.4 Å². The molecule has 0 aliphatic carbocycles. The highest BCUT2D eigenvalue weighted by atomic mass is 16.5. The highest BCUT2D eigenvalue weighted by Gasteiger charge is 2.22. The molecule has 0 saturated carbocycles. The minimum Gasteiger partial charge on any atom is -0.491 e. The Labute approximate surface area is 198 Å². The van der Waals surface area contributed by atoms with Crippen LogP contribution in [0.15, 0.2) is 49.2 Å². The average molecular weight is 460 g/mol. The van der Waals surface area contributed by atoms with E-state index < -0.39 is 0 Å². The van der Waals surface area contributed by atoms with Crippen LogP contribution in [0.1, 0.15) is 20.8 Å². The number of aromatic nitrogens is 6. The number of imidazole rings is 2. The van der Waals surface area contributed by atoms with Gasteiger partial charge in [0, 0.05) is 43.9 Å². The van der Waals surface area contributed by atoms with E-state index in [0.717, 1.165) is 40.5 Å². The lowest BCUT2D eigenvalue weighted by molar-refractivity contribution is -0.121. The second kappa shape index (κ2) is 8.48. The number of amides is 1. The van der Waals surface area contributed by atoms with E-state index in [2.05, 4.69) is 65.1 Å². The third-order valence-corrected chi connectivity index (χ3v) is 5.73. The van der Waals surface area contributed by atoms with Crippen molar-refractivity contribution in [1.82, 2.24) is 34.2 Å². The second-order valence-corrected chi connectivity index (χ2v) is 9.74. The van der Waals surface area contributed by atoms with Gasteiger partial charge in [0.05, 0.1) is 18.3 Å². The van der Waals surface area contributed by atoms with E-state index in [1.807, 2.05) is 17.1 Å². The van der Waals surface area contributed by atoms with E-state index in [-0.39, 0.29) is 17.9 Å². The Morgan fingerprint density at radius 3 is 2.82 bits per heavy atom. The zero-order chi connectivity index (χ0) is 23.9. The van der Waals surface area contributed by atoms with Gasteiger partial charge in [-0.05, 0) is 23.1 Å². The maximum absolute atomic E-state index is 11.9. The Hall–Kier alpha value is -3.88. The number of ether oxygens (including phenoxy) is 1. The largest absolute Gasteiger partial charge is 0.491 e. The van der Waals surface area contributed by atoms with Crippen LogP contribution in [0.5, 0.6) is 5.75 Å². The molecule has 176 valence electrons. The molecule has 9 heteroatoms. The Kier molecular flexibility index (Phi) is 5.47. The van der Waals surface area contributed by atoms with Gasteiger partial charge in [0.2, 0.25) is 5.91 Å². The number of hydrogen-bond donors (Lipinski definition) is 1. The van der Waals surface area contributed by atoms with Crippen molar-refractivity contribution in [1.29, 1.82) is 0 Å². The molecule has 4 aromatic rings. The monoisotopic (exact) mass is 459 g/mol. The first-order chi connectivity index (χ1) is 16.3. The zero-order valence-corrected chi connectivity index (χ0v) is 19.9. The first-order valence-corrected chi connectivity index (χ1v) is 11.4. The van der Waals surface area contributed by atoms with Crippen LogP contribution in [-0.2, 0) is 24.4 Å². The molecule has 34 heavy (non-hydrogen) atoms. The van der Waals surface area contributed by atoms with Crippen molar-refractivity contribution in [3.05, 3.63) is 49.2 Å². The van der Waals surface area contributed by atoms with Crippen molar-refractivity contribution < 1.29 is 9.53 Å². The summed E-state index contributed by atoms with van der Waals surface area (Å²) in [5.74, 6) is 2.20. The molecule has 1 amide bonds. The van der Waals surface area contributed by atoms with Crippen molar-refractivity contribution >= 4 is 5.91 Å². The van der Waals surface area contributed by atoms with Gasteiger partial charge < -0.3 is 19.2 Å². The molecule has 1 aromatic carbocycles. The van der Waals surface area contributed by atoms with Crippen LogP contribution in [0.2, 0.25) is 0 Å². The Morgan fingerprint density at radius 2 is 2.03 bits per heavy atom. The molecule has 0 bridgehead atoms. The van der Waals surface area contributed by atoms with E-state index in [9.17, 15) is 4.79 Å². The summed E-state index contributed by atoms with van der Waals surface area (Å²) in [6, 6.07) is 6.19. The van der Waals surface area contributed by atoms with Crippen molar-refractivity contribution in [2.45, 2.75) is 40.4 Å². The number of hydrogen-bond acceptors (Lipinski definition) is 5. The predicted molar refractivity (Wildman–Crippen MR) is 129 cm³/mol. The number of benzene rings is 1. The topological polar surface area (TPSA) is 91.8 Å². The first-order valence-electron chi connectivity index (χ1n) is 11.4. The van der Waals surface area contributed by atoms with E-state index in [4.69, 9.17) is 9.72 Å². The molecule has 3 aromatic heterocycles. The Bertz CT molecular complexity index is 1340. The molecule has 0 unspecified atom stereocenters. The normalized spacial score (nSPS) is 13.1. The molecule has 0 spiro atoms. The number of likely N-dealkylation sites (N-methyl/N-ethyl adjacent to an activating group) is 1. The minimum absolute atomic E-state index is 0.0860. The summed E-state index contributed by atoms with van der Waals surface area (Å²) < 4.78 is 12.0. The third kappa shape index (κ3) is 4.33. The molecule has 0 saturated heterocycles. The summed E-state index contributed by atoms with van der Waals surface area (Å²) in [5.41, 5.74) is 3.92. The SMILES string of the molecule is CNC(=O)Cn1ccnc1-c1cn2c(n1)-c1ccc(-c3cnn(CC(C)(C)C)c3)cc1OCC2. The van der Waals surface area contributed by atoms with E-state index in [0.29, 0.717) is 19.0 Å². The molecule has 4 heterocycles. The van der Waals surface area contributed by atoms with Crippen LogP contribution < -0.4 is 10.1 Å². The standard InChI is InChI=1S/C25H29N7O2/c1-25(2,3)16-32-13-18(12-28-32)17-5-6-19-21(11-17)34-10-9-31-14-20(29-23(19)31)24-27-7-8-30(24)15-22(33)26-4/h5-8,11-14H,9-10,15-16H2,1-4H3,(H,26,33). The summed E-state index contributed by atoms with van der Waals surface area (Å²) in [7, 11) is 1.62. The van der Waals surface area contributed by atoms with Crippen LogP contribution in [0.3, 0.4) is 0 Å². The second-order valence-electron chi connectivity index (χ2n) is 9.74. The highest BCUT2D eigenvalue weighted by Crippen LogP contribution is 2.36. The third-order valence-electron chi connectivity index (χ3n) is 5.73. The lowest BCUT2D eigenvalue weighted by Crippen LogP contribution is -2.23. The number of nitrogens with zero attached hydrogens (tertiary/aromatic N) is 6. The van der Waals surface area contributed by atoms with Crippen LogP contribution >= 0.6 is 0 Å². The molecule has 9 nitrogen and oxygen atoms in total. The number of nitrogens with one attached hydrogen (secondary N) is 1. The maximum Gasteiger partial charge on any atom is 0.239 e. The Morgan fingerprint density at radius 1 is 1.18 bits per heavy atom. The number of carbonyl (C=O) groups excluding carboxylic acids is 1. The van der Waals surface area contributed by atoms with Gasteiger partial charge in [-0.1, -0.05) is 26.8 Å². The van der Waals surface area contributed by atoms with Crippen molar-refractivity contribution in [2.24, 2.45) is 5.41 Å². The predicted octanol–water partition coefficient (Wildman–Crippen LogP) is 3.46. The lowest BCUT2D eigenvalue weighted by atomic mass is 9.97. The van der Waals surface area contributed by atoms with Crippen LogP contribution in [0.25, 0.3) is 34.0 Å². The van der Waals surface area contributed by atoms with E-state index in [1.54, 1.807) is 24.0 Å². The molecule has 0 fully saturated rings. The summed E-state index contributed by atoms with van der Waals surface area (Å²) in [6.45, 7) is 8.86. The number of rotatable bonds is 5. The smallest absolute Gasteiger partial charge is 0.239 e. The van der Waals surface area contributed by atoms with Gasteiger partial charge in [-0.15, -0.1) is 0 Å². The quantitative estimate of drug-likeness (QED) is 0.494. The number of carbonyl (C=O) groups is 1. The fraction of sp³-hybridized carbons (Fsp3) is 0.360. The van der Waals surface area contributed by atoms with Crippen molar-refractivity contribution in [3.8, 4) is 39.8 Å². The van der Waals surface area contributed by atoms with Gasteiger partial charge in [-0.25, -0.2) is 9.97 Å². The fourth-order valence-corrected chi connectivity index (χ4v) is 4.16. The summed E-state index contributed by atoms with van der Waals surface area (Å²) in [4.78, 5) is 21.2. The van der Waals surface area contributed by atoms with E-state index in [1.165, 1.54) is 0 Å². The zero-order valence-electron chi connectivity index (χ0n) is 19.9. The minimum atomic E-state index is -0.0860. The maximum atomic E-state index is 11.9. The van der Waals surface area contributed by atoms with E-state index >= 15 is 0 Å². The molecule has 0 atom stereocenters. The van der Waals surface area contributed by atoms with Crippen LogP contribution in [-0.4, -0.2) is 48.4 Å². The molecule has 0 radical (unpaired) electrons. The number of fused-ring (bicyclic) bond motifs is 3. The molecular weight excluding hydrogens is 430 g/mol. The molecule has 5 rings (SSSR count). The van der Waals surface area contributed by atoms with Crippen molar-refractivity contribution in [2.75, 3.05) is 13.7 Å². The molecular formula is C25H29N7O2. The fourth-order valence-electron chi connectivity index (χ4n) is 4.16. The van der Waals surface area contributed by atoms with Gasteiger partial charge in [0.25, 0.3) is 0 Å². The Balaban J connectivity index is 1.47. The highest BCUT2D eigenvalue weighted by molar-refractivity contribution is 5.77. The van der Waals surface area contributed by atoms with Crippen molar-refractivity contribution in [3.63, 3.8) is 0 Å².